The van der Waals surface area contributed by atoms with Crippen LogP contribution < -0.4 is 5.73 Å². The highest BCUT2D eigenvalue weighted by atomic mass is 32.1. The van der Waals surface area contributed by atoms with Crippen molar-refractivity contribution in [3.05, 3.63) is 64.5 Å². The number of halogens is 3. The van der Waals surface area contributed by atoms with E-state index in [2.05, 4.69) is 4.98 Å². The fraction of sp³-hybridized carbons (Fsp3) is 0.0588. The van der Waals surface area contributed by atoms with Crippen LogP contribution in [0.2, 0.25) is 0 Å². The van der Waals surface area contributed by atoms with Gasteiger partial charge in [-0.05, 0) is 23.3 Å². The van der Waals surface area contributed by atoms with E-state index in [-0.39, 0.29) is 10.6 Å². The second kappa shape index (κ2) is 6.09. The Kier molecular flexibility index (Phi) is 4.11. The van der Waals surface area contributed by atoms with Gasteiger partial charge in [0.05, 0.1) is 11.3 Å². The number of alkyl halides is 3. The van der Waals surface area contributed by atoms with Crippen LogP contribution in [0.25, 0.3) is 22.4 Å². The molecule has 2 aromatic carbocycles. The molecule has 122 valence electrons. The second-order valence-corrected chi connectivity index (χ2v) is 5.88. The number of carbonyl (C=O) groups excluding carboxylic acids is 1. The fourth-order valence-electron chi connectivity index (χ4n) is 2.35. The summed E-state index contributed by atoms with van der Waals surface area (Å²) in [5.41, 5.74) is 6.12. The molecule has 0 aliphatic heterocycles. The molecule has 7 heteroatoms. The van der Waals surface area contributed by atoms with Gasteiger partial charge in [0.1, 0.15) is 0 Å². The molecule has 0 aliphatic rings. The number of rotatable bonds is 3. The van der Waals surface area contributed by atoms with Crippen molar-refractivity contribution in [2.75, 3.05) is 0 Å². The zero-order chi connectivity index (χ0) is 17.3. The number of thiazole rings is 1. The van der Waals surface area contributed by atoms with Crippen LogP contribution in [0.3, 0.4) is 0 Å². The Morgan fingerprint density at radius 1 is 1.04 bits per heavy atom. The molecule has 3 nitrogen and oxygen atoms in total. The Balaban J connectivity index is 2.07. The maximum atomic E-state index is 13.2. The molecule has 0 unspecified atom stereocenters. The molecule has 0 saturated carbocycles. The molecule has 24 heavy (non-hydrogen) atoms. The zero-order valence-electron chi connectivity index (χ0n) is 12.2. The van der Waals surface area contributed by atoms with Gasteiger partial charge in [0, 0.05) is 10.9 Å². The first-order chi connectivity index (χ1) is 11.4. The molecule has 0 aliphatic carbocycles. The van der Waals surface area contributed by atoms with Crippen LogP contribution in [0.4, 0.5) is 13.2 Å². The van der Waals surface area contributed by atoms with E-state index in [0.717, 1.165) is 17.4 Å². The van der Waals surface area contributed by atoms with Crippen molar-refractivity contribution in [3.8, 4) is 22.4 Å². The van der Waals surface area contributed by atoms with Crippen molar-refractivity contribution in [2.45, 2.75) is 6.18 Å². The molecule has 1 heterocycles. The first-order valence-electron chi connectivity index (χ1n) is 6.88. The maximum Gasteiger partial charge on any atom is 0.417 e. The number of hydrogen-bond donors (Lipinski definition) is 1. The van der Waals surface area contributed by atoms with E-state index in [9.17, 15) is 18.0 Å². The quantitative estimate of drug-likeness (QED) is 0.752. The van der Waals surface area contributed by atoms with E-state index in [4.69, 9.17) is 5.73 Å². The Morgan fingerprint density at radius 3 is 2.42 bits per heavy atom. The van der Waals surface area contributed by atoms with Crippen LogP contribution in [0.1, 0.15) is 15.4 Å². The van der Waals surface area contributed by atoms with Gasteiger partial charge in [-0.15, -0.1) is 11.3 Å². The minimum atomic E-state index is -4.44. The third-order valence-corrected chi connectivity index (χ3v) is 4.27. The third kappa shape index (κ3) is 3.16. The summed E-state index contributed by atoms with van der Waals surface area (Å²) in [5.74, 6) is -0.634. The topological polar surface area (TPSA) is 56.0 Å². The van der Waals surface area contributed by atoms with E-state index in [0.29, 0.717) is 16.8 Å². The van der Waals surface area contributed by atoms with Gasteiger partial charge in [-0.25, -0.2) is 4.98 Å². The summed E-state index contributed by atoms with van der Waals surface area (Å²) in [6.07, 6.45) is -4.44. The van der Waals surface area contributed by atoms with E-state index >= 15 is 0 Å². The number of primary amides is 1. The van der Waals surface area contributed by atoms with Crippen molar-refractivity contribution >= 4 is 17.2 Å². The molecule has 0 spiro atoms. The number of carbonyl (C=O) groups is 1. The van der Waals surface area contributed by atoms with Crippen molar-refractivity contribution in [1.29, 1.82) is 0 Å². The van der Waals surface area contributed by atoms with E-state index in [1.807, 2.05) is 0 Å². The van der Waals surface area contributed by atoms with Crippen LogP contribution >= 0.6 is 11.3 Å². The predicted octanol–water partition coefficient (Wildman–Crippen LogP) is 4.59. The van der Waals surface area contributed by atoms with E-state index in [1.54, 1.807) is 35.7 Å². The standard InChI is InChI=1S/C17H11F3N2OS/c18-17(19,20)13-7-2-1-6-12(13)10-4-3-5-11(8-10)14-9-24-16(22-14)15(21)23/h1-9H,(H2,21,23). The molecule has 2 N–H and O–H groups in total. The average Bonchev–Trinajstić information content (AvgIpc) is 3.04. The lowest BCUT2D eigenvalue weighted by atomic mass is 9.97. The van der Waals surface area contributed by atoms with Gasteiger partial charge in [0.25, 0.3) is 5.91 Å². The molecule has 0 atom stereocenters. The molecule has 0 radical (unpaired) electrons. The van der Waals surface area contributed by atoms with E-state index < -0.39 is 17.6 Å². The van der Waals surface area contributed by atoms with Gasteiger partial charge < -0.3 is 5.73 Å². The predicted molar refractivity (Wildman–Crippen MR) is 86.5 cm³/mol. The first kappa shape index (κ1) is 16.2. The van der Waals surface area contributed by atoms with Gasteiger partial charge in [-0.3, -0.25) is 4.79 Å². The number of nitrogens with zero attached hydrogens (tertiary/aromatic N) is 1. The highest BCUT2D eigenvalue weighted by Gasteiger charge is 2.33. The number of aromatic nitrogens is 1. The van der Waals surface area contributed by atoms with Gasteiger partial charge >= 0.3 is 6.18 Å². The van der Waals surface area contributed by atoms with Crippen molar-refractivity contribution < 1.29 is 18.0 Å². The lowest BCUT2D eigenvalue weighted by Crippen LogP contribution is -2.10. The second-order valence-electron chi connectivity index (χ2n) is 5.03. The van der Waals surface area contributed by atoms with Gasteiger partial charge in [-0.2, -0.15) is 13.2 Å². The summed E-state index contributed by atoms with van der Waals surface area (Å²) < 4.78 is 39.6. The van der Waals surface area contributed by atoms with Crippen molar-refractivity contribution in [2.24, 2.45) is 5.73 Å². The SMILES string of the molecule is NC(=O)c1nc(-c2cccc(-c3ccccc3C(F)(F)F)c2)cs1. The summed E-state index contributed by atoms with van der Waals surface area (Å²) in [6.45, 7) is 0. The normalized spacial score (nSPS) is 11.5. The molecular formula is C17H11F3N2OS. The van der Waals surface area contributed by atoms with Crippen LogP contribution in [0, 0.1) is 0 Å². The van der Waals surface area contributed by atoms with Crippen LogP contribution in [0.5, 0.6) is 0 Å². The number of hydrogen-bond acceptors (Lipinski definition) is 3. The Bertz CT molecular complexity index is 903. The lowest BCUT2D eigenvalue weighted by molar-refractivity contribution is -0.137. The zero-order valence-corrected chi connectivity index (χ0v) is 13.0. The summed E-state index contributed by atoms with van der Waals surface area (Å²) in [5, 5.41) is 1.81. The minimum absolute atomic E-state index is 0.0946. The summed E-state index contributed by atoms with van der Waals surface area (Å²) in [7, 11) is 0. The average molecular weight is 348 g/mol. The fourth-order valence-corrected chi connectivity index (χ4v) is 3.03. The summed E-state index contributed by atoms with van der Waals surface area (Å²) in [4.78, 5) is 15.2. The van der Waals surface area contributed by atoms with E-state index in [1.165, 1.54) is 12.1 Å². The Labute approximate surface area is 139 Å². The third-order valence-electron chi connectivity index (χ3n) is 3.42. The molecule has 1 aromatic heterocycles. The first-order valence-corrected chi connectivity index (χ1v) is 7.76. The maximum absolute atomic E-state index is 13.2. The molecule has 1 amide bonds. The Hall–Kier alpha value is -2.67. The van der Waals surface area contributed by atoms with Crippen molar-refractivity contribution in [3.63, 3.8) is 0 Å². The number of nitrogens with two attached hydrogens (primary N) is 1. The highest BCUT2D eigenvalue weighted by Crippen LogP contribution is 2.37. The minimum Gasteiger partial charge on any atom is -0.364 e. The van der Waals surface area contributed by atoms with Gasteiger partial charge in [0.15, 0.2) is 5.01 Å². The highest BCUT2D eigenvalue weighted by molar-refractivity contribution is 7.12. The smallest absolute Gasteiger partial charge is 0.364 e. The van der Waals surface area contributed by atoms with Gasteiger partial charge in [-0.1, -0.05) is 36.4 Å². The number of amides is 1. The molecule has 3 aromatic rings. The van der Waals surface area contributed by atoms with Gasteiger partial charge in [0.2, 0.25) is 0 Å². The summed E-state index contributed by atoms with van der Waals surface area (Å²) >= 11 is 1.10. The van der Waals surface area contributed by atoms with Crippen LogP contribution in [-0.4, -0.2) is 10.9 Å². The largest absolute Gasteiger partial charge is 0.417 e. The molecular weight excluding hydrogens is 337 g/mol. The number of benzene rings is 2. The van der Waals surface area contributed by atoms with Crippen LogP contribution in [-0.2, 0) is 6.18 Å². The molecule has 0 saturated heterocycles. The van der Waals surface area contributed by atoms with Crippen LogP contribution in [0.15, 0.2) is 53.9 Å². The molecule has 0 fully saturated rings. The monoisotopic (exact) mass is 348 g/mol. The summed E-state index contributed by atoms with van der Waals surface area (Å²) in [6, 6.07) is 12.0. The molecule has 3 rings (SSSR count). The van der Waals surface area contributed by atoms with Crippen molar-refractivity contribution in [1.82, 2.24) is 4.98 Å². The Morgan fingerprint density at radius 2 is 1.75 bits per heavy atom. The lowest BCUT2D eigenvalue weighted by Gasteiger charge is -2.13. The molecule has 0 bridgehead atoms.